The number of carbonyl (C=O) groups excluding carboxylic acids is 2. The minimum atomic E-state index is -0.458. The lowest BCUT2D eigenvalue weighted by Gasteiger charge is -2.28. The van der Waals surface area contributed by atoms with E-state index in [9.17, 15) is 9.59 Å². The molecule has 1 saturated carbocycles. The molecular formula is C20H20BrNO2. The molecule has 2 aromatic carbocycles. The van der Waals surface area contributed by atoms with E-state index in [0.717, 1.165) is 41.4 Å². The van der Waals surface area contributed by atoms with E-state index in [-0.39, 0.29) is 11.7 Å². The van der Waals surface area contributed by atoms with Crippen molar-refractivity contribution in [3.05, 3.63) is 64.1 Å². The summed E-state index contributed by atoms with van der Waals surface area (Å²) in [6.07, 6.45) is 3.86. The quantitative estimate of drug-likeness (QED) is 0.743. The van der Waals surface area contributed by atoms with Gasteiger partial charge in [-0.25, -0.2) is 0 Å². The molecule has 0 unspecified atom stereocenters. The summed E-state index contributed by atoms with van der Waals surface area (Å²) in [5.41, 5.74) is 1.99. The average molecular weight is 386 g/mol. The molecule has 3 nitrogen and oxygen atoms in total. The first-order valence-electron chi connectivity index (χ1n) is 8.20. The van der Waals surface area contributed by atoms with Crippen LogP contribution in [0.1, 0.15) is 48.5 Å². The van der Waals surface area contributed by atoms with E-state index in [1.807, 2.05) is 24.3 Å². The topological polar surface area (TPSA) is 46.2 Å². The molecule has 0 heterocycles. The number of Topliss-reactive ketones (excluding diaryl/α,β-unsaturated/α-hetero) is 1. The van der Waals surface area contributed by atoms with Gasteiger partial charge in [-0.2, -0.15) is 0 Å². The Morgan fingerprint density at radius 3 is 2.08 bits per heavy atom. The van der Waals surface area contributed by atoms with Gasteiger partial charge in [-0.05, 0) is 61.7 Å². The number of ketones is 1. The third-order valence-corrected chi connectivity index (χ3v) is 5.37. The predicted octanol–water partition coefficient (Wildman–Crippen LogP) is 5.10. The van der Waals surface area contributed by atoms with Gasteiger partial charge in [0, 0.05) is 15.7 Å². The molecule has 1 fully saturated rings. The highest BCUT2D eigenvalue weighted by atomic mass is 79.9. The molecule has 0 aliphatic heterocycles. The zero-order valence-corrected chi connectivity index (χ0v) is 15.2. The summed E-state index contributed by atoms with van der Waals surface area (Å²) in [5.74, 6) is 0.0629. The zero-order chi connectivity index (χ0) is 17.2. The summed E-state index contributed by atoms with van der Waals surface area (Å²) in [7, 11) is 0. The van der Waals surface area contributed by atoms with Crippen molar-refractivity contribution in [1.29, 1.82) is 0 Å². The van der Waals surface area contributed by atoms with Gasteiger partial charge in [-0.15, -0.1) is 0 Å². The van der Waals surface area contributed by atoms with Crippen LogP contribution in [-0.2, 0) is 10.2 Å². The maximum Gasteiger partial charge on any atom is 0.235 e. The number of carbonyl (C=O) groups is 2. The molecule has 124 valence electrons. The van der Waals surface area contributed by atoms with Crippen LogP contribution in [-0.4, -0.2) is 11.7 Å². The van der Waals surface area contributed by atoms with E-state index < -0.39 is 5.41 Å². The number of hydrogen-bond acceptors (Lipinski definition) is 2. The molecule has 24 heavy (non-hydrogen) atoms. The second-order valence-corrected chi connectivity index (χ2v) is 7.30. The van der Waals surface area contributed by atoms with Gasteiger partial charge in [0.15, 0.2) is 5.78 Å². The Balaban J connectivity index is 1.85. The van der Waals surface area contributed by atoms with E-state index in [1.54, 1.807) is 24.3 Å². The summed E-state index contributed by atoms with van der Waals surface area (Å²) in [5, 5.41) is 3.04. The Labute approximate surface area is 150 Å². The normalized spacial score (nSPS) is 15.9. The zero-order valence-electron chi connectivity index (χ0n) is 13.6. The van der Waals surface area contributed by atoms with E-state index in [4.69, 9.17) is 0 Å². The number of hydrogen-bond donors (Lipinski definition) is 1. The molecule has 2 aromatic rings. The summed E-state index contributed by atoms with van der Waals surface area (Å²) < 4.78 is 1.01. The lowest BCUT2D eigenvalue weighted by Crippen LogP contribution is -2.37. The molecule has 0 saturated heterocycles. The van der Waals surface area contributed by atoms with Gasteiger partial charge < -0.3 is 5.32 Å². The highest BCUT2D eigenvalue weighted by molar-refractivity contribution is 9.10. The van der Waals surface area contributed by atoms with Gasteiger partial charge in [-0.3, -0.25) is 9.59 Å². The van der Waals surface area contributed by atoms with Crippen molar-refractivity contribution in [2.75, 3.05) is 5.32 Å². The molecule has 0 bridgehead atoms. The largest absolute Gasteiger partial charge is 0.325 e. The Hall–Kier alpha value is -1.94. The van der Waals surface area contributed by atoms with E-state index in [0.29, 0.717) is 5.56 Å². The molecule has 4 heteroatoms. The van der Waals surface area contributed by atoms with Crippen molar-refractivity contribution in [2.24, 2.45) is 0 Å². The highest BCUT2D eigenvalue weighted by Crippen LogP contribution is 2.42. The standard InChI is InChI=1S/C20H20BrNO2/c1-14(23)15-4-10-18(11-5-15)22-19(24)20(12-2-3-13-20)16-6-8-17(21)9-7-16/h4-11H,2-3,12-13H2,1H3,(H,22,24). The van der Waals surface area contributed by atoms with Crippen LogP contribution in [0.15, 0.2) is 53.0 Å². The Morgan fingerprint density at radius 2 is 1.54 bits per heavy atom. The van der Waals surface area contributed by atoms with Crippen LogP contribution in [0.2, 0.25) is 0 Å². The van der Waals surface area contributed by atoms with Crippen molar-refractivity contribution < 1.29 is 9.59 Å². The van der Waals surface area contributed by atoms with Crippen molar-refractivity contribution >= 4 is 33.3 Å². The van der Waals surface area contributed by atoms with Gasteiger partial charge >= 0.3 is 0 Å². The van der Waals surface area contributed by atoms with Gasteiger partial charge in [0.05, 0.1) is 5.41 Å². The maximum atomic E-state index is 13.1. The lowest BCUT2D eigenvalue weighted by molar-refractivity contribution is -0.121. The fraction of sp³-hybridized carbons (Fsp3) is 0.300. The highest BCUT2D eigenvalue weighted by Gasteiger charge is 2.42. The average Bonchev–Trinajstić information content (AvgIpc) is 3.07. The van der Waals surface area contributed by atoms with Crippen LogP contribution >= 0.6 is 15.9 Å². The fourth-order valence-electron chi connectivity index (χ4n) is 3.43. The van der Waals surface area contributed by atoms with Crippen molar-refractivity contribution in [3.63, 3.8) is 0 Å². The maximum absolute atomic E-state index is 13.1. The number of halogens is 1. The van der Waals surface area contributed by atoms with Crippen molar-refractivity contribution in [3.8, 4) is 0 Å². The van der Waals surface area contributed by atoms with Crippen LogP contribution < -0.4 is 5.32 Å². The molecule has 3 rings (SSSR count). The number of benzene rings is 2. The molecule has 1 aliphatic rings. The van der Waals surface area contributed by atoms with E-state index in [1.165, 1.54) is 6.92 Å². The van der Waals surface area contributed by atoms with Crippen LogP contribution in [0.3, 0.4) is 0 Å². The van der Waals surface area contributed by atoms with Gasteiger partial charge in [0.1, 0.15) is 0 Å². The third-order valence-electron chi connectivity index (χ3n) is 4.84. The van der Waals surface area contributed by atoms with Crippen molar-refractivity contribution in [2.45, 2.75) is 38.0 Å². The number of amides is 1. The monoisotopic (exact) mass is 385 g/mol. The summed E-state index contributed by atoms with van der Waals surface area (Å²) in [6, 6.07) is 15.1. The molecule has 1 amide bonds. The van der Waals surface area contributed by atoms with Crippen LogP contribution in [0.5, 0.6) is 0 Å². The molecular weight excluding hydrogens is 366 g/mol. The molecule has 1 aliphatic carbocycles. The molecule has 0 radical (unpaired) electrons. The minimum absolute atomic E-state index is 0.0232. The van der Waals surface area contributed by atoms with Crippen LogP contribution in [0.25, 0.3) is 0 Å². The summed E-state index contributed by atoms with van der Waals surface area (Å²) >= 11 is 3.45. The first-order valence-corrected chi connectivity index (χ1v) is 8.99. The van der Waals surface area contributed by atoms with Crippen LogP contribution in [0, 0.1) is 0 Å². The number of nitrogens with one attached hydrogen (secondary N) is 1. The second-order valence-electron chi connectivity index (χ2n) is 6.38. The van der Waals surface area contributed by atoms with Gasteiger partial charge in [-0.1, -0.05) is 40.9 Å². The fourth-order valence-corrected chi connectivity index (χ4v) is 3.70. The Morgan fingerprint density at radius 1 is 0.958 bits per heavy atom. The second kappa shape index (κ2) is 6.89. The molecule has 0 atom stereocenters. The Kier molecular flexibility index (Phi) is 4.86. The molecule has 0 aromatic heterocycles. The summed E-state index contributed by atoms with van der Waals surface area (Å²) in [6.45, 7) is 1.54. The Bertz CT molecular complexity index is 744. The SMILES string of the molecule is CC(=O)c1ccc(NC(=O)C2(c3ccc(Br)cc3)CCCC2)cc1. The number of anilines is 1. The third kappa shape index (κ3) is 3.29. The van der Waals surface area contributed by atoms with Crippen LogP contribution in [0.4, 0.5) is 5.69 Å². The number of rotatable bonds is 4. The smallest absolute Gasteiger partial charge is 0.235 e. The van der Waals surface area contributed by atoms with Gasteiger partial charge in [0.2, 0.25) is 5.91 Å². The van der Waals surface area contributed by atoms with Gasteiger partial charge in [0.25, 0.3) is 0 Å². The van der Waals surface area contributed by atoms with E-state index >= 15 is 0 Å². The lowest BCUT2D eigenvalue weighted by atomic mass is 9.78. The summed E-state index contributed by atoms with van der Waals surface area (Å²) in [4.78, 5) is 24.4. The molecule has 1 N–H and O–H groups in total. The molecule has 0 spiro atoms. The minimum Gasteiger partial charge on any atom is -0.325 e. The van der Waals surface area contributed by atoms with Crippen molar-refractivity contribution in [1.82, 2.24) is 0 Å². The van der Waals surface area contributed by atoms with E-state index in [2.05, 4.69) is 21.2 Å². The first-order chi connectivity index (χ1) is 11.5. The predicted molar refractivity (Wildman–Crippen MR) is 99.4 cm³/mol. The first kappa shape index (κ1) is 16.9.